The maximum atomic E-state index is 14.4. The fraction of sp³-hybridized carbons (Fsp3) is 0.786. The average Bonchev–Trinajstić information content (AvgIpc) is 3.22. The van der Waals surface area contributed by atoms with Crippen LogP contribution in [0.3, 0.4) is 0 Å². The van der Waals surface area contributed by atoms with Gasteiger partial charge in [0.15, 0.2) is 12.1 Å². The number of aliphatic hydroxyl groups excluding tert-OH is 4. The molecular weight excluding hydrogens is 496 g/mol. The zero-order valence-corrected chi connectivity index (χ0v) is 22.0. The molecule has 208 valence electrons. The van der Waals surface area contributed by atoms with E-state index < -0.39 is 75.8 Å². The van der Waals surface area contributed by atoms with Crippen molar-refractivity contribution in [2.75, 3.05) is 6.61 Å². The summed E-state index contributed by atoms with van der Waals surface area (Å²) in [5.41, 5.74) is -4.81. The SMILES string of the molecule is CC(=O)O[C@@H]1C[C@H](O)[C@@]23COC(O)[C@]1(C)[C@@H]2CC(O)[C@]1(C)[C@@H]3[C@H](O)C(=O)[C@@]2(C)[C@H](c3ccoc3)C[C@H]3O[C@]321. The Labute approximate surface area is 220 Å². The standard InChI is InChI=1S/C28H36O10/c1-12(29)37-18-9-17(31)27-11-36-23(34)24(18,2)15(27)8-16(30)26(4)21(27)20(32)22(33)25(3)14(13-5-6-35-10-13)7-19-28(25,26)38-19/h5-6,10,14-21,23,30-32,34H,7-9,11H2,1-4H3/t14-,15-,16?,17-,18+,19+,20-,21-,23?,24+,25+,26+,27+,28+/m0/s1. The zero-order chi connectivity index (χ0) is 27.2. The van der Waals surface area contributed by atoms with Crippen LogP contribution in [0.2, 0.25) is 0 Å². The van der Waals surface area contributed by atoms with Gasteiger partial charge in [0.2, 0.25) is 0 Å². The van der Waals surface area contributed by atoms with Crippen molar-refractivity contribution in [2.45, 2.75) is 95.3 Å². The van der Waals surface area contributed by atoms with Gasteiger partial charge >= 0.3 is 5.97 Å². The topological polar surface area (TPSA) is 159 Å². The third-order valence-corrected chi connectivity index (χ3v) is 12.3. The van der Waals surface area contributed by atoms with Gasteiger partial charge in [-0.3, -0.25) is 9.59 Å². The van der Waals surface area contributed by atoms with E-state index in [1.807, 2.05) is 19.9 Å². The predicted octanol–water partition coefficient (Wildman–Crippen LogP) is 0.895. The van der Waals surface area contributed by atoms with E-state index in [0.29, 0.717) is 6.42 Å². The number of hydrogen-bond donors (Lipinski definition) is 4. The van der Waals surface area contributed by atoms with E-state index in [2.05, 4.69) is 0 Å². The Bertz CT molecular complexity index is 1200. The normalized spacial score (nSPS) is 58.3. The van der Waals surface area contributed by atoms with Gasteiger partial charge < -0.3 is 39.1 Å². The van der Waals surface area contributed by atoms with E-state index in [1.165, 1.54) is 6.92 Å². The highest BCUT2D eigenvalue weighted by Gasteiger charge is 2.92. The lowest BCUT2D eigenvalue weighted by Gasteiger charge is -2.73. The summed E-state index contributed by atoms with van der Waals surface area (Å²) in [6.45, 7) is 6.62. The number of ether oxygens (including phenoxy) is 3. The van der Waals surface area contributed by atoms with Crippen LogP contribution < -0.4 is 0 Å². The molecule has 2 aliphatic heterocycles. The van der Waals surface area contributed by atoms with Crippen molar-refractivity contribution in [2.24, 2.45) is 33.5 Å². The second kappa shape index (κ2) is 7.27. The number of rotatable bonds is 2. The lowest BCUT2D eigenvalue weighted by molar-refractivity contribution is -0.382. The summed E-state index contributed by atoms with van der Waals surface area (Å²) in [5, 5.41) is 47.0. The average molecular weight is 533 g/mol. The molecule has 6 aliphatic rings. The molecule has 6 fully saturated rings. The molecule has 14 atom stereocenters. The van der Waals surface area contributed by atoms with Crippen molar-refractivity contribution in [3.8, 4) is 0 Å². The number of epoxide rings is 1. The first kappa shape index (κ1) is 25.2. The first-order valence-corrected chi connectivity index (χ1v) is 13.6. The fourth-order valence-corrected chi connectivity index (χ4v) is 10.7. The minimum absolute atomic E-state index is 0.0167. The summed E-state index contributed by atoms with van der Waals surface area (Å²) in [6, 6.07) is 1.83. The molecule has 1 spiro atoms. The quantitative estimate of drug-likeness (QED) is 0.318. The van der Waals surface area contributed by atoms with E-state index >= 15 is 0 Å². The zero-order valence-electron chi connectivity index (χ0n) is 22.0. The maximum absolute atomic E-state index is 14.4. The fourth-order valence-electron chi connectivity index (χ4n) is 10.7. The Morgan fingerprint density at radius 3 is 2.47 bits per heavy atom. The van der Waals surface area contributed by atoms with Crippen molar-refractivity contribution in [3.05, 3.63) is 24.2 Å². The molecule has 0 aromatic carbocycles. The third-order valence-electron chi connectivity index (χ3n) is 12.3. The van der Waals surface area contributed by atoms with Crippen molar-refractivity contribution in [1.29, 1.82) is 0 Å². The molecule has 4 saturated carbocycles. The molecule has 10 nitrogen and oxygen atoms in total. The number of furan rings is 1. The van der Waals surface area contributed by atoms with Gasteiger partial charge in [0.1, 0.15) is 17.8 Å². The highest BCUT2D eigenvalue weighted by atomic mass is 16.6. The number of carbonyl (C=O) groups excluding carboxylic acids is 2. The Balaban J connectivity index is 1.41. The third kappa shape index (κ3) is 2.36. The summed E-state index contributed by atoms with van der Waals surface area (Å²) in [6.07, 6.45) is -2.28. The van der Waals surface area contributed by atoms with Crippen LogP contribution in [-0.2, 0) is 23.8 Å². The van der Waals surface area contributed by atoms with E-state index in [0.717, 1.165) is 5.56 Å². The first-order valence-electron chi connectivity index (χ1n) is 13.6. The summed E-state index contributed by atoms with van der Waals surface area (Å²) in [7, 11) is 0. The lowest BCUT2D eigenvalue weighted by Crippen LogP contribution is -2.82. The highest BCUT2D eigenvalue weighted by molar-refractivity contribution is 5.94. The van der Waals surface area contributed by atoms with E-state index in [4.69, 9.17) is 18.6 Å². The van der Waals surface area contributed by atoms with Crippen molar-refractivity contribution >= 4 is 11.8 Å². The number of Topliss-reactive ketones (excluding diaryl/α,β-unsaturated/α-hetero) is 1. The van der Waals surface area contributed by atoms with Crippen LogP contribution in [0.25, 0.3) is 0 Å². The van der Waals surface area contributed by atoms with Crippen LogP contribution in [0.5, 0.6) is 0 Å². The van der Waals surface area contributed by atoms with Crippen LogP contribution in [0.1, 0.15) is 58.4 Å². The smallest absolute Gasteiger partial charge is 0.302 e. The number of fused-ring (bicyclic) bond motifs is 1. The van der Waals surface area contributed by atoms with Crippen LogP contribution in [-0.4, -0.2) is 81.2 Å². The molecule has 4 N–H and O–H groups in total. The molecule has 2 bridgehead atoms. The molecular formula is C28H36O10. The van der Waals surface area contributed by atoms with Gasteiger partial charge in [-0.2, -0.15) is 0 Å². The van der Waals surface area contributed by atoms with Crippen LogP contribution in [0.4, 0.5) is 0 Å². The Morgan fingerprint density at radius 1 is 1.08 bits per heavy atom. The van der Waals surface area contributed by atoms with Crippen molar-refractivity contribution < 1.29 is 48.6 Å². The molecule has 4 aliphatic carbocycles. The van der Waals surface area contributed by atoms with Crippen LogP contribution >= 0.6 is 0 Å². The second-order valence-corrected chi connectivity index (χ2v) is 13.3. The van der Waals surface area contributed by atoms with Gasteiger partial charge in [0, 0.05) is 36.0 Å². The summed E-state index contributed by atoms with van der Waals surface area (Å²) in [5.74, 6) is -2.72. The van der Waals surface area contributed by atoms with Crippen molar-refractivity contribution in [1.82, 2.24) is 0 Å². The minimum atomic E-state index is -1.52. The van der Waals surface area contributed by atoms with Crippen LogP contribution in [0, 0.1) is 33.5 Å². The molecule has 3 heterocycles. The van der Waals surface area contributed by atoms with E-state index in [9.17, 15) is 30.0 Å². The number of hydrogen-bond acceptors (Lipinski definition) is 10. The molecule has 10 heteroatoms. The highest BCUT2D eigenvalue weighted by Crippen LogP contribution is 2.82. The lowest BCUT2D eigenvalue weighted by atomic mass is 9.33. The minimum Gasteiger partial charge on any atom is -0.472 e. The maximum Gasteiger partial charge on any atom is 0.302 e. The monoisotopic (exact) mass is 532 g/mol. The largest absolute Gasteiger partial charge is 0.472 e. The Kier molecular flexibility index (Phi) is 4.82. The molecule has 0 radical (unpaired) electrons. The van der Waals surface area contributed by atoms with E-state index in [-0.39, 0.29) is 37.3 Å². The van der Waals surface area contributed by atoms with Gasteiger partial charge in [-0.05, 0) is 37.3 Å². The first-order chi connectivity index (χ1) is 17.8. The molecule has 38 heavy (non-hydrogen) atoms. The number of esters is 1. The molecule has 1 aromatic rings. The predicted molar refractivity (Wildman–Crippen MR) is 127 cm³/mol. The molecule has 7 rings (SSSR count). The molecule has 0 amide bonds. The Morgan fingerprint density at radius 2 is 1.82 bits per heavy atom. The second-order valence-electron chi connectivity index (χ2n) is 13.3. The van der Waals surface area contributed by atoms with Crippen molar-refractivity contribution in [3.63, 3.8) is 0 Å². The van der Waals surface area contributed by atoms with E-state index in [1.54, 1.807) is 19.5 Å². The summed E-state index contributed by atoms with van der Waals surface area (Å²) in [4.78, 5) is 26.4. The number of aliphatic hydroxyl groups is 4. The van der Waals surface area contributed by atoms with Gasteiger partial charge in [-0.15, -0.1) is 0 Å². The van der Waals surface area contributed by atoms with Gasteiger partial charge in [-0.25, -0.2) is 0 Å². The number of carbonyl (C=O) groups is 2. The summed E-state index contributed by atoms with van der Waals surface area (Å²) >= 11 is 0. The molecule has 2 unspecified atom stereocenters. The Hall–Kier alpha value is -1.82. The van der Waals surface area contributed by atoms with Gasteiger partial charge in [0.25, 0.3) is 0 Å². The van der Waals surface area contributed by atoms with Crippen LogP contribution in [0.15, 0.2) is 23.0 Å². The van der Waals surface area contributed by atoms with Gasteiger partial charge in [0.05, 0.1) is 48.3 Å². The molecule has 2 saturated heterocycles. The summed E-state index contributed by atoms with van der Waals surface area (Å²) < 4.78 is 23.3. The van der Waals surface area contributed by atoms with Gasteiger partial charge in [-0.1, -0.05) is 13.8 Å². The molecule has 1 aromatic heterocycles. The number of ketones is 1.